The van der Waals surface area contributed by atoms with Gasteiger partial charge in [-0.2, -0.15) is 0 Å². The molecule has 0 unspecified atom stereocenters. The normalized spacial score (nSPS) is 11.0. The molecule has 3 rings (SSSR count). The first-order valence-corrected chi connectivity index (χ1v) is 8.89. The van der Waals surface area contributed by atoms with Crippen molar-refractivity contribution in [2.24, 2.45) is 0 Å². The molecule has 0 atom stereocenters. The molecule has 2 aromatic carbocycles. The monoisotopic (exact) mass is 372 g/mol. The Hall–Kier alpha value is -2.53. The Kier molecular flexibility index (Phi) is 5.47. The van der Waals surface area contributed by atoms with Crippen molar-refractivity contribution in [3.05, 3.63) is 58.4 Å². The van der Waals surface area contributed by atoms with Crippen LogP contribution >= 0.6 is 11.6 Å². The predicted molar refractivity (Wildman–Crippen MR) is 102 cm³/mol. The molecule has 5 nitrogen and oxygen atoms in total. The number of hydrogen-bond acceptors (Lipinski definition) is 3. The minimum Gasteiger partial charge on any atom is -0.493 e. The second kappa shape index (κ2) is 7.79. The van der Waals surface area contributed by atoms with E-state index < -0.39 is 5.97 Å². The smallest absolute Gasteiger partial charge is 0.303 e. The number of carboxylic acid groups (broad SMARTS) is 1. The molecule has 136 valence electrons. The summed E-state index contributed by atoms with van der Waals surface area (Å²) >= 11 is 6.31. The summed E-state index contributed by atoms with van der Waals surface area (Å²) in [5.74, 6) is 0.820. The molecule has 0 spiro atoms. The molecule has 6 heteroatoms. The zero-order valence-electron chi connectivity index (χ0n) is 14.8. The van der Waals surface area contributed by atoms with Crippen molar-refractivity contribution in [1.29, 1.82) is 0 Å². The van der Waals surface area contributed by atoms with E-state index in [2.05, 4.69) is 9.55 Å². The van der Waals surface area contributed by atoms with Gasteiger partial charge < -0.3 is 14.4 Å². The highest BCUT2D eigenvalue weighted by Gasteiger charge is 2.13. The minimum absolute atomic E-state index is 0.102. The molecule has 1 aromatic heterocycles. The molecular weight excluding hydrogens is 352 g/mol. The molecule has 0 aliphatic carbocycles. The molecule has 0 amide bonds. The summed E-state index contributed by atoms with van der Waals surface area (Å²) in [5.41, 5.74) is 3.97. The van der Waals surface area contributed by atoms with Crippen molar-refractivity contribution >= 4 is 28.6 Å². The van der Waals surface area contributed by atoms with Crippen LogP contribution in [0.1, 0.15) is 29.8 Å². The van der Waals surface area contributed by atoms with E-state index in [0.717, 1.165) is 38.8 Å². The third kappa shape index (κ3) is 3.99. The standard InChI is InChI=1S/C20H21ClN2O3/c1-13-10-16(26-9-5-8-19(24)25)11-18-20(13)22-14(2)23(18)12-15-6-3-4-7-17(15)21/h3-4,6-7,10-11H,5,8-9,12H2,1-2H3,(H,24,25). The van der Waals surface area contributed by atoms with E-state index in [1.54, 1.807) is 0 Å². The summed E-state index contributed by atoms with van der Waals surface area (Å²) < 4.78 is 7.87. The number of aryl methyl sites for hydroxylation is 2. The first kappa shape index (κ1) is 18.3. The van der Waals surface area contributed by atoms with Gasteiger partial charge in [0.15, 0.2) is 0 Å². The highest BCUT2D eigenvalue weighted by atomic mass is 35.5. The van der Waals surface area contributed by atoms with Gasteiger partial charge in [-0.1, -0.05) is 29.8 Å². The van der Waals surface area contributed by atoms with Crippen molar-refractivity contribution in [3.8, 4) is 5.75 Å². The van der Waals surface area contributed by atoms with E-state index in [9.17, 15) is 4.79 Å². The van der Waals surface area contributed by atoms with Gasteiger partial charge in [0.25, 0.3) is 0 Å². The fourth-order valence-electron chi connectivity index (χ4n) is 2.97. The number of benzene rings is 2. The van der Waals surface area contributed by atoms with Crippen molar-refractivity contribution < 1.29 is 14.6 Å². The highest BCUT2D eigenvalue weighted by molar-refractivity contribution is 6.31. The largest absolute Gasteiger partial charge is 0.493 e. The second-order valence-corrected chi connectivity index (χ2v) is 6.70. The number of rotatable bonds is 7. The lowest BCUT2D eigenvalue weighted by molar-refractivity contribution is -0.137. The summed E-state index contributed by atoms with van der Waals surface area (Å²) in [6.07, 6.45) is 0.578. The minimum atomic E-state index is -0.811. The van der Waals surface area contributed by atoms with E-state index in [1.165, 1.54) is 0 Å². The van der Waals surface area contributed by atoms with Crippen molar-refractivity contribution in [2.75, 3.05) is 6.61 Å². The van der Waals surface area contributed by atoms with Gasteiger partial charge in [-0.15, -0.1) is 0 Å². The Labute approximate surface area is 157 Å². The Morgan fingerprint density at radius 3 is 2.77 bits per heavy atom. The van der Waals surface area contributed by atoms with Crippen LogP contribution in [0.25, 0.3) is 11.0 Å². The summed E-state index contributed by atoms with van der Waals surface area (Å²) in [6.45, 7) is 4.97. The summed E-state index contributed by atoms with van der Waals surface area (Å²) in [5, 5.41) is 9.45. The zero-order chi connectivity index (χ0) is 18.7. The molecule has 0 saturated heterocycles. The number of imidazole rings is 1. The molecule has 0 bridgehead atoms. The van der Waals surface area contributed by atoms with Crippen LogP contribution in [0.15, 0.2) is 36.4 Å². The lowest BCUT2D eigenvalue weighted by Gasteiger charge is -2.11. The number of carboxylic acids is 1. The number of hydrogen-bond donors (Lipinski definition) is 1. The van der Waals surface area contributed by atoms with Crippen LogP contribution in [0.3, 0.4) is 0 Å². The van der Waals surface area contributed by atoms with Gasteiger partial charge in [0.1, 0.15) is 11.6 Å². The first-order valence-electron chi connectivity index (χ1n) is 8.51. The van der Waals surface area contributed by atoms with Crippen LogP contribution in [0.5, 0.6) is 5.75 Å². The van der Waals surface area contributed by atoms with E-state index in [-0.39, 0.29) is 6.42 Å². The summed E-state index contributed by atoms with van der Waals surface area (Å²) in [6, 6.07) is 11.7. The molecule has 0 aliphatic rings. The van der Waals surface area contributed by atoms with Crippen LogP contribution in [0.4, 0.5) is 0 Å². The highest BCUT2D eigenvalue weighted by Crippen LogP contribution is 2.27. The molecule has 0 aliphatic heterocycles. The third-order valence-corrected chi connectivity index (χ3v) is 4.67. The summed E-state index contributed by atoms with van der Waals surface area (Å²) in [7, 11) is 0. The third-order valence-electron chi connectivity index (χ3n) is 4.30. The summed E-state index contributed by atoms with van der Waals surface area (Å²) in [4.78, 5) is 15.3. The van der Waals surface area contributed by atoms with E-state index >= 15 is 0 Å². The molecule has 0 saturated carbocycles. The van der Waals surface area contributed by atoms with Gasteiger partial charge in [-0.25, -0.2) is 4.98 Å². The van der Waals surface area contributed by atoms with E-state index in [4.69, 9.17) is 21.4 Å². The number of aromatic nitrogens is 2. The number of fused-ring (bicyclic) bond motifs is 1. The zero-order valence-corrected chi connectivity index (χ0v) is 15.6. The van der Waals surface area contributed by atoms with Gasteiger partial charge in [0.05, 0.1) is 24.2 Å². The average molecular weight is 373 g/mol. The van der Waals surface area contributed by atoms with Crippen LogP contribution in [0.2, 0.25) is 5.02 Å². The van der Waals surface area contributed by atoms with Crippen LogP contribution in [0, 0.1) is 13.8 Å². The van der Waals surface area contributed by atoms with Gasteiger partial charge in [0, 0.05) is 17.5 Å². The Bertz CT molecular complexity index is 950. The number of aliphatic carboxylic acids is 1. The Morgan fingerprint density at radius 2 is 2.04 bits per heavy atom. The number of carbonyl (C=O) groups is 1. The fraction of sp³-hybridized carbons (Fsp3) is 0.300. The molecule has 1 heterocycles. The van der Waals surface area contributed by atoms with E-state index in [1.807, 2.05) is 50.2 Å². The molecule has 0 fully saturated rings. The Balaban J connectivity index is 1.90. The predicted octanol–water partition coefficient (Wildman–Crippen LogP) is 4.60. The molecule has 3 aromatic rings. The van der Waals surface area contributed by atoms with Crippen molar-refractivity contribution in [3.63, 3.8) is 0 Å². The van der Waals surface area contributed by atoms with Crippen molar-refractivity contribution in [2.45, 2.75) is 33.2 Å². The maximum atomic E-state index is 10.6. The quantitative estimate of drug-likeness (QED) is 0.615. The lowest BCUT2D eigenvalue weighted by atomic mass is 10.2. The maximum Gasteiger partial charge on any atom is 0.303 e. The van der Waals surface area contributed by atoms with Gasteiger partial charge in [0.2, 0.25) is 0 Å². The molecular formula is C20H21ClN2O3. The van der Waals surface area contributed by atoms with Crippen molar-refractivity contribution in [1.82, 2.24) is 9.55 Å². The maximum absolute atomic E-state index is 10.6. The number of nitrogens with zero attached hydrogens (tertiary/aromatic N) is 2. The first-order chi connectivity index (χ1) is 12.5. The number of ether oxygens (including phenoxy) is 1. The topological polar surface area (TPSA) is 64.3 Å². The Morgan fingerprint density at radius 1 is 1.27 bits per heavy atom. The number of halogens is 1. The van der Waals surface area contributed by atoms with Crippen LogP contribution in [-0.2, 0) is 11.3 Å². The van der Waals surface area contributed by atoms with Crippen LogP contribution < -0.4 is 4.74 Å². The lowest BCUT2D eigenvalue weighted by Crippen LogP contribution is -2.04. The molecule has 0 radical (unpaired) electrons. The van der Waals surface area contributed by atoms with Gasteiger partial charge in [-0.3, -0.25) is 4.79 Å². The van der Waals surface area contributed by atoms with Gasteiger partial charge >= 0.3 is 5.97 Å². The van der Waals surface area contributed by atoms with Crippen LogP contribution in [-0.4, -0.2) is 27.2 Å². The second-order valence-electron chi connectivity index (χ2n) is 6.29. The fourth-order valence-corrected chi connectivity index (χ4v) is 3.17. The SMILES string of the molecule is Cc1cc(OCCCC(=O)O)cc2c1nc(C)n2Cc1ccccc1Cl. The van der Waals surface area contributed by atoms with E-state index in [0.29, 0.717) is 19.6 Å². The average Bonchev–Trinajstić information content (AvgIpc) is 2.90. The molecule has 26 heavy (non-hydrogen) atoms. The molecule has 1 N–H and O–H groups in total. The van der Waals surface area contributed by atoms with Gasteiger partial charge in [-0.05, 0) is 43.5 Å².